The number of nitrogens with one attached hydrogen (secondary N) is 3. The van der Waals surface area contributed by atoms with Crippen molar-refractivity contribution in [1.29, 1.82) is 0 Å². The van der Waals surface area contributed by atoms with Gasteiger partial charge < -0.3 is 10.6 Å². The Balaban J connectivity index is 1.85. The van der Waals surface area contributed by atoms with E-state index in [1.54, 1.807) is 0 Å². The van der Waals surface area contributed by atoms with Crippen LogP contribution in [0.3, 0.4) is 0 Å². The Morgan fingerprint density at radius 2 is 1.95 bits per heavy atom. The van der Waals surface area contributed by atoms with Crippen LogP contribution in [0, 0.1) is 13.8 Å². The van der Waals surface area contributed by atoms with Gasteiger partial charge in [-0.1, -0.05) is 0 Å². The molecule has 8 nitrogen and oxygen atoms in total. The average Bonchev–Trinajstić information content (AvgIpc) is 3.17. The summed E-state index contributed by atoms with van der Waals surface area (Å²) in [7, 11) is 0. The largest absolute Gasteiger partial charge is 0.353 e. The third-order valence-electron chi connectivity index (χ3n) is 3.51. The van der Waals surface area contributed by atoms with E-state index in [4.69, 9.17) is 0 Å². The first kappa shape index (κ1) is 13.6. The van der Waals surface area contributed by atoms with Crippen molar-refractivity contribution in [3.63, 3.8) is 0 Å². The molecule has 3 N–H and O–H groups in total. The summed E-state index contributed by atoms with van der Waals surface area (Å²) in [6.45, 7) is 9.29. The fourth-order valence-electron chi connectivity index (χ4n) is 2.57. The van der Waals surface area contributed by atoms with Crippen molar-refractivity contribution in [3.8, 4) is 0 Å². The van der Waals surface area contributed by atoms with Gasteiger partial charge in [0.2, 0.25) is 11.9 Å². The van der Waals surface area contributed by atoms with E-state index in [0.717, 1.165) is 60.8 Å². The third kappa shape index (κ3) is 2.61. The van der Waals surface area contributed by atoms with Crippen LogP contribution in [-0.4, -0.2) is 53.6 Å². The van der Waals surface area contributed by atoms with Crippen LogP contribution in [0.15, 0.2) is 15.1 Å². The van der Waals surface area contributed by atoms with Crippen molar-refractivity contribution in [2.24, 2.45) is 15.1 Å². The molecule has 0 unspecified atom stereocenters. The summed E-state index contributed by atoms with van der Waals surface area (Å²) in [5.74, 6) is 1.53. The van der Waals surface area contributed by atoms with Crippen molar-refractivity contribution in [1.82, 2.24) is 25.8 Å². The Hall–Kier alpha value is -2.38. The van der Waals surface area contributed by atoms with Crippen LogP contribution in [0.25, 0.3) is 0 Å². The van der Waals surface area contributed by atoms with Crippen molar-refractivity contribution < 1.29 is 0 Å². The number of hydrogen-bond acceptors (Lipinski definition) is 7. The van der Waals surface area contributed by atoms with Gasteiger partial charge in [-0.05, 0) is 20.8 Å². The quantitative estimate of drug-likeness (QED) is 0.509. The first-order chi connectivity index (χ1) is 10.2. The third-order valence-corrected chi connectivity index (χ3v) is 3.51. The topological polar surface area (TPSA) is 91.0 Å². The van der Waals surface area contributed by atoms with Crippen molar-refractivity contribution >= 4 is 17.6 Å². The number of aryl methyl sites for hydroxylation is 1. The fraction of sp³-hybridized carbons (Fsp3) is 0.538. The van der Waals surface area contributed by atoms with E-state index in [1.807, 2.05) is 25.5 Å². The molecular weight excluding hydrogens is 268 g/mol. The van der Waals surface area contributed by atoms with Crippen LogP contribution in [0.4, 0.5) is 0 Å². The zero-order chi connectivity index (χ0) is 14.8. The average molecular weight is 288 g/mol. The van der Waals surface area contributed by atoms with Gasteiger partial charge >= 0.3 is 0 Å². The van der Waals surface area contributed by atoms with Crippen molar-refractivity contribution in [3.05, 3.63) is 17.0 Å². The number of guanidine groups is 1. The van der Waals surface area contributed by atoms with Crippen LogP contribution in [0.1, 0.15) is 23.9 Å². The van der Waals surface area contributed by atoms with Gasteiger partial charge in [0.25, 0.3) is 0 Å². The number of aliphatic imine (C=N–C) groups is 2. The normalized spacial score (nSPS) is 18.1. The molecule has 3 heterocycles. The van der Waals surface area contributed by atoms with Gasteiger partial charge in [0.15, 0.2) is 0 Å². The first-order valence-corrected chi connectivity index (χ1v) is 7.10. The number of hydrogen-bond donors (Lipinski definition) is 3. The molecule has 0 aromatic carbocycles. The van der Waals surface area contributed by atoms with Crippen LogP contribution < -0.4 is 16.1 Å². The second-order valence-corrected chi connectivity index (χ2v) is 5.06. The summed E-state index contributed by atoms with van der Waals surface area (Å²) in [5.41, 5.74) is 6.85. The molecule has 0 amide bonds. The van der Waals surface area contributed by atoms with Crippen LogP contribution in [-0.2, 0) is 0 Å². The monoisotopic (exact) mass is 288 g/mol. The molecular formula is C13H20N8. The Kier molecular flexibility index (Phi) is 3.59. The predicted octanol–water partition coefficient (Wildman–Crippen LogP) is -0.420. The second kappa shape index (κ2) is 5.55. The minimum Gasteiger partial charge on any atom is -0.353 e. The Bertz CT molecular complexity index is 637. The summed E-state index contributed by atoms with van der Waals surface area (Å²) in [5, 5.41) is 15.3. The van der Waals surface area contributed by atoms with Gasteiger partial charge in [-0.3, -0.25) is 0 Å². The molecule has 0 saturated carbocycles. The summed E-state index contributed by atoms with van der Waals surface area (Å²) in [4.78, 5) is 8.66. The summed E-state index contributed by atoms with van der Waals surface area (Å²) >= 11 is 0. The number of hydrazone groups is 1. The molecule has 0 atom stereocenters. The Morgan fingerprint density at radius 1 is 1.19 bits per heavy atom. The van der Waals surface area contributed by atoms with E-state index >= 15 is 0 Å². The minimum atomic E-state index is 0.721. The Labute approximate surface area is 123 Å². The highest BCUT2D eigenvalue weighted by Crippen LogP contribution is 2.14. The van der Waals surface area contributed by atoms with Gasteiger partial charge in [0.05, 0.1) is 30.2 Å². The molecule has 2 aliphatic rings. The maximum absolute atomic E-state index is 4.56. The van der Waals surface area contributed by atoms with Crippen molar-refractivity contribution in [2.45, 2.75) is 20.8 Å². The minimum absolute atomic E-state index is 0.721. The summed E-state index contributed by atoms with van der Waals surface area (Å²) in [6, 6.07) is 0. The Morgan fingerprint density at radius 3 is 2.62 bits per heavy atom. The lowest BCUT2D eigenvalue weighted by Gasteiger charge is -2.06. The highest BCUT2D eigenvalue weighted by molar-refractivity contribution is 6.02. The lowest BCUT2D eigenvalue weighted by molar-refractivity contribution is 0.839. The predicted molar refractivity (Wildman–Crippen MR) is 83.1 cm³/mol. The number of rotatable bonds is 2. The van der Waals surface area contributed by atoms with Gasteiger partial charge in [0.1, 0.15) is 0 Å². The second-order valence-electron chi connectivity index (χ2n) is 5.06. The number of aromatic nitrogens is 2. The first-order valence-electron chi connectivity index (χ1n) is 7.10. The number of nitrogens with zero attached hydrogens (tertiary/aromatic N) is 5. The molecule has 3 rings (SSSR count). The summed E-state index contributed by atoms with van der Waals surface area (Å²) in [6.07, 6.45) is 0. The highest BCUT2D eigenvalue weighted by atomic mass is 15.4. The van der Waals surface area contributed by atoms with E-state index in [0.29, 0.717) is 0 Å². The molecule has 8 heteroatoms. The molecule has 112 valence electrons. The lowest BCUT2D eigenvalue weighted by atomic mass is 10.1. The fourth-order valence-corrected chi connectivity index (χ4v) is 2.57. The van der Waals surface area contributed by atoms with E-state index < -0.39 is 0 Å². The van der Waals surface area contributed by atoms with E-state index in [1.165, 1.54) is 0 Å². The van der Waals surface area contributed by atoms with Crippen LogP contribution in [0.5, 0.6) is 0 Å². The molecule has 0 aliphatic carbocycles. The van der Waals surface area contributed by atoms with Gasteiger partial charge in [-0.2, -0.15) is 10.2 Å². The standard InChI is InChI=1S/C13H20N8/c1-8(18-19-12-14-4-5-15-12)11-9(2)20-21(10(11)3)13-16-6-7-17-13/h4-7H2,1-3H3,(H,16,17)(H2,14,15,19)/b18-8+. The van der Waals surface area contributed by atoms with Crippen LogP contribution in [0.2, 0.25) is 0 Å². The van der Waals surface area contributed by atoms with Gasteiger partial charge in [-0.25, -0.2) is 20.1 Å². The molecule has 2 aliphatic heterocycles. The van der Waals surface area contributed by atoms with Crippen molar-refractivity contribution in [2.75, 3.05) is 26.2 Å². The van der Waals surface area contributed by atoms with E-state index in [-0.39, 0.29) is 0 Å². The molecule has 1 aromatic rings. The lowest BCUT2D eigenvalue weighted by Crippen LogP contribution is -2.31. The summed E-state index contributed by atoms with van der Waals surface area (Å²) < 4.78 is 1.85. The molecule has 0 radical (unpaired) electrons. The molecule has 1 aromatic heterocycles. The van der Waals surface area contributed by atoms with E-state index in [9.17, 15) is 0 Å². The zero-order valence-corrected chi connectivity index (χ0v) is 12.6. The highest BCUT2D eigenvalue weighted by Gasteiger charge is 2.19. The zero-order valence-electron chi connectivity index (χ0n) is 12.6. The molecule has 0 saturated heterocycles. The van der Waals surface area contributed by atoms with Gasteiger partial charge in [0, 0.05) is 18.7 Å². The molecule has 0 bridgehead atoms. The molecule has 21 heavy (non-hydrogen) atoms. The SMILES string of the molecule is C/C(=N\NC1=NCCN1)c1c(C)nn(C2=NCCN2)c1C. The van der Waals surface area contributed by atoms with Gasteiger partial charge in [-0.15, -0.1) is 0 Å². The van der Waals surface area contributed by atoms with Crippen LogP contribution >= 0.6 is 0 Å². The smallest absolute Gasteiger partial charge is 0.219 e. The maximum atomic E-state index is 4.56. The van der Waals surface area contributed by atoms with E-state index in [2.05, 4.69) is 36.2 Å². The molecule has 0 fully saturated rings. The molecule has 0 spiro atoms. The maximum Gasteiger partial charge on any atom is 0.219 e.